The summed E-state index contributed by atoms with van der Waals surface area (Å²) in [7, 11) is 0. The van der Waals surface area contributed by atoms with E-state index in [0.717, 1.165) is 0 Å². The van der Waals surface area contributed by atoms with Crippen molar-refractivity contribution < 1.29 is 19.3 Å². The molecule has 0 saturated heterocycles. The van der Waals surface area contributed by atoms with E-state index in [2.05, 4.69) is 9.78 Å². The van der Waals surface area contributed by atoms with Gasteiger partial charge in [-0.25, -0.2) is 4.79 Å². The van der Waals surface area contributed by atoms with Crippen molar-refractivity contribution in [2.24, 2.45) is 0 Å². The summed E-state index contributed by atoms with van der Waals surface area (Å²) < 4.78 is 5.19. The third-order valence-electron chi connectivity index (χ3n) is 1.13. The lowest BCUT2D eigenvalue weighted by Crippen LogP contribution is -2.27. The van der Waals surface area contributed by atoms with E-state index in [1.807, 2.05) is 13.8 Å². The van der Waals surface area contributed by atoms with Gasteiger partial charge in [-0.15, -0.1) is 0 Å². The van der Waals surface area contributed by atoms with Gasteiger partial charge in [0.2, 0.25) is 0 Å². The van der Waals surface area contributed by atoms with Gasteiger partial charge in [0.25, 0.3) is 0 Å². The summed E-state index contributed by atoms with van der Waals surface area (Å²) in [5.74, 6) is -0.498. The van der Waals surface area contributed by atoms with Gasteiger partial charge in [0.15, 0.2) is 6.10 Å². The van der Waals surface area contributed by atoms with Crippen molar-refractivity contribution in [2.45, 2.75) is 52.9 Å². The van der Waals surface area contributed by atoms with Crippen LogP contribution in [0, 0.1) is 0 Å². The summed E-state index contributed by atoms with van der Waals surface area (Å²) in [5, 5.41) is 0. The second kappa shape index (κ2) is 5.94. The molecule has 0 aromatic rings. The molecular weight excluding hydrogens is 172 g/mol. The summed E-state index contributed by atoms with van der Waals surface area (Å²) in [5.41, 5.74) is 0. The predicted octanol–water partition coefficient (Wildman–Crippen LogP) is 1.68. The van der Waals surface area contributed by atoms with E-state index in [-0.39, 0.29) is 12.2 Å². The van der Waals surface area contributed by atoms with Crippen LogP contribution in [-0.2, 0) is 19.3 Å². The first-order chi connectivity index (χ1) is 5.93. The normalized spacial score (nSPS) is 13.5. The molecule has 0 spiro atoms. The molecule has 0 saturated carbocycles. The highest BCUT2D eigenvalue weighted by Gasteiger charge is 2.17. The van der Waals surface area contributed by atoms with Crippen LogP contribution in [-0.4, -0.2) is 24.3 Å². The Kier molecular flexibility index (Phi) is 5.66. The Hall–Kier alpha value is -0.610. The fraction of sp³-hybridized carbons (Fsp3) is 0.889. The van der Waals surface area contributed by atoms with Crippen LogP contribution in [0.4, 0.5) is 0 Å². The number of ether oxygens (including phenoxy) is 1. The van der Waals surface area contributed by atoms with Crippen molar-refractivity contribution in [1.82, 2.24) is 0 Å². The minimum absolute atomic E-state index is 0.00148. The molecule has 0 aliphatic carbocycles. The van der Waals surface area contributed by atoms with E-state index in [4.69, 9.17) is 4.74 Å². The van der Waals surface area contributed by atoms with Gasteiger partial charge in [-0.05, 0) is 34.6 Å². The highest BCUT2D eigenvalue weighted by Crippen LogP contribution is 2.01. The van der Waals surface area contributed by atoms with Crippen molar-refractivity contribution >= 4 is 5.97 Å². The maximum absolute atomic E-state index is 11.1. The van der Waals surface area contributed by atoms with E-state index in [1.165, 1.54) is 0 Å². The first-order valence-electron chi connectivity index (χ1n) is 4.46. The van der Waals surface area contributed by atoms with Gasteiger partial charge in [0.05, 0.1) is 12.2 Å². The van der Waals surface area contributed by atoms with E-state index < -0.39 is 12.1 Å². The molecule has 0 bridgehead atoms. The summed E-state index contributed by atoms with van der Waals surface area (Å²) in [6, 6.07) is 0. The second-order valence-electron chi connectivity index (χ2n) is 3.37. The molecule has 0 rings (SSSR count). The van der Waals surface area contributed by atoms with Crippen LogP contribution in [0.5, 0.6) is 0 Å². The average Bonchev–Trinajstić information content (AvgIpc) is 1.98. The zero-order valence-corrected chi connectivity index (χ0v) is 8.87. The van der Waals surface area contributed by atoms with E-state index in [9.17, 15) is 4.79 Å². The Morgan fingerprint density at radius 1 is 1.00 bits per heavy atom. The molecule has 0 heterocycles. The van der Waals surface area contributed by atoms with Gasteiger partial charge in [-0.3, -0.25) is 4.89 Å². The summed E-state index contributed by atoms with van der Waals surface area (Å²) in [6.07, 6.45) is -0.712. The minimum atomic E-state index is -0.584. The first-order valence-corrected chi connectivity index (χ1v) is 4.46. The smallest absolute Gasteiger partial charge is 0.364 e. The van der Waals surface area contributed by atoms with E-state index in [1.54, 1.807) is 20.8 Å². The maximum Gasteiger partial charge on any atom is 0.370 e. The predicted molar refractivity (Wildman–Crippen MR) is 48.0 cm³/mol. The Morgan fingerprint density at radius 2 is 1.54 bits per heavy atom. The van der Waals surface area contributed by atoms with Crippen LogP contribution in [0.15, 0.2) is 0 Å². The van der Waals surface area contributed by atoms with Gasteiger partial charge in [-0.1, -0.05) is 0 Å². The van der Waals surface area contributed by atoms with Crippen LogP contribution in [0.2, 0.25) is 0 Å². The van der Waals surface area contributed by atoms with Crippen molar-refractivity contribution in [3.8, 4) is 0 Å². The van der Waals surface area contributed by atoms with Gasteiger partial charge >= 0.3 is 5.97 Å². The molecule has 4 heteroatoms. The molecular formula is C9H18O4. The molecule has 78 valence electrons. The Bertz CT molecular complexity index is 154. The molecule has 0 aromatic carbocycles. The van der Waals surface area contributed by atoms with Crippen molar-refractivity contribution in [3.05, 3.63) is 0 Å². The molecule has 0 aliphatic rings. The molecule has 0 fully saturated rings. The Balaban J connectivity index is 3.69. The lowest BCUT2D eigenvalue weighted by molar-refractivity contribution is -0.298. The third-order valence-corrected chi connectivity index (χ3v) is 1.13. The molecule has 0 aromatic heterocycles. The fourth-order valence-electron chi connectivity index (χ4n) is 0.675. The van der Waals surface area contributed by atoms with Crippen LogP contribution < -0.4 is 0 Å². The van der Waals surface area contributed by atoms with Crippen LogP contribution in [0.1, 0.15) is 34.6 Å². The van der Waals surface area contributed by atoms with E-state index >= 15 is 0 Å². The van der Waals surface area contributed by atoms with Gasteiger partial charge < -0.3 is 4.74 Å². The minimum Gasteiger partial charge on any atom is -0.364 e. The average molecular weight is 190 g/mol. The van der Waals surface area contributed by atoms with Gasteiger partial charge in [0, 0.05) is 0 Å². The monoisotopic (exact) mass is 190 g/mol. The highest BCUT2D eigenvalue weighted by molar-refractivity contribution is 5.73. The molecule has 0 N–H and O–H groups in total. The summed E-state index contributed by atoms with van der Waals surface area (Å²) in [4.78, 5) is 20.3. The van der Waals surface area contributed by atoms with Crippen LogP contribution >= 0.6 is 0 Å². The largest absolute Gasteiger partial charge is 0.370 e. The number of hydrogen-bond acceptors (Lipinski definition) is 4. The van der Waals surface area contributed by atoms with Crippen molar-refractivity contribution in [2.75, 3.05) is 0 Å². The molecule has 1 unspecified atom stereocenters. The first kappa shape index (κ1) is 12.4. The summed E-state index contributed by atoms with van der Waals surface area (Å²) >= 11 is 0. The Labute approximate surface area is 79.1 Å². The van der Waals surface area contributed by atoms with E-state index in [0.29, 0.717) is 0 Å². The molecule has 1 atom stereocenters. The number of carbonyl (C=O) groups excluding carboxylic acids is 1. The van der Waals surface area contributed by atoms with Gasteiger partial charge in [-0.2, -0.15) is 4.89 Å². The number of carbonyl (C=O) groups is 1. The molecule has 0 amide bonds. The highest BCUT2D eigenvalue weighted by atomic mass is 17.2. The molecule has 0 radical (unpaired) electrons. The number of hydrogen-bond donors (Lipinski definition) is 0. The van der Waals surface area contributed by atoms with Crippen molar-refractivity contribution in [1.29, 1.82) is 0 Å². The second-order valence-corrected chi connectivity index (χ2v) is 3.37. The lowest BCUT2D eigenvalue weighted by atomic mass is 10.4. The fourth-order valence-corrected chi connectivity index (χ4v) is 0.675. The van der Waals surface area contributed by atoms with Crippen LogP contribution in [0.25, 0.3) is 0 Å². The standard InChI is InChI=1S/C9H18O4/c1-6(2)11-8(5)9(10)13-12-7(3)4/h6-8H,1-5H3. The lowest BCUT2D eigenvalue weighted by Gasteiger charge is -2.14. The maximum atomic E-state index is 11.1. The molecule has 0 aliphatic heterocycles. The SMILES string of the molecule is CC(C)OOC(=O)C(C)OC(C)C. The number of rotatable bonds is 5. The molecule has 13 heavy (non-hydrogen) atoms. The Morgan fingerprint density at radius 3 is 1.92 bits per heavy atom. The van der Waals surface area contributed by atoms with Crippen molar-refractivity contribution in [3.63, 3.8) is 0 Å². The topological polar surface area (TPSA) is 44.8 Å². The molecule has 4 nitrogen and oxygen atoms in total. The zero-order valence-electron chi connectivity index (χ0n) is 8.87. The van der Waals surface area contributed by atoms with Crippen LogP contribution in [0.3, 0.4) is 0 Å². The summed E-state index contributed by atoms with van der Waals surface area (Å²) in [6.45, 7) is 8.90. The third kappa shape index (κ3) is 6.54. The quantitative estimate of drug-likeness (QED) is 0.488. The zero-order chi connectivity index (χ0) is 10.4. The van der Waals surface area contributed by atoms with Gasteiger partial charge in [0.1, 0.15) is 0 Å².